The summed E-state index contributed by atoms with van der Waals surface area (Å²) in [6, 6.07) is 0. The third kappa shape index (κ3) is 2.07. The number of anilines is 1. The van der Waals surface area contributed by atoms with Gasteiger partial charge in [-0.3, -0.25) is 14.3 Å². The lowest BCUT2D eigenvalue weighted by atomic mass is 10.1. The number of halogens is 1. The number of nitrogens with zero attached hydrogens (tertiary/aromatic N) is 3. The first-order valence-electron chi connectivity index (χ1n) is 6.41. The van der Waals surface area contributed by atoms with Crippen molar-refractivity contribution in [3.8, 4) is 0 Å². The average molecular weight is 423 g/mol. The Morgan fingerprint density at radius 3 is 2.68 bits per heavy atom. The molecular weight excluding hydrogens is 409 g/mol. The molecule has 2 aromatic heterocycles. The Morgan fingerprint density at radius 1 is 1.41 bits per heavy atom. The van der Waals surface area contributed by atoms with E-state index in [1.807, 2.05) is 22.6 Å². The Balaban J connectivity index is 2.26. The van der Waals surface area contributed by atoms with Crippen LogP contribution < -0.4 is 17.0 Å². The van der Waals surface area contributed by atoms with Crippen LogP contribution in [0.3, 0.4) is 0 Å². The number of H-pyrrole nitrogens is 1. The van der Waals surface area contributed by atoms with E-state index in [9.17, 15) is 19.8 Å². The second-order valence-electron chi connectivity index (χ2n) is 5.04. The zero-order valence-electron chi connectivity index (χ0n) is 11.4. The number of aliphatic hydroxyl groups is 2. The summed E-state index contributed by atoms with van der Waals surface area (Å²) in [5.74, 6) is -0.157. The van der Waals surface area contributed by atoms with E-state index in [1.165, 1.54) is 7.05 Å². The molecule has 11 heteroatoms. The van der Waals surface area contributed by atoms with E-state index in [1.54, 1.807) is 0 Å². The molecule has 0 saturated carbocycles. The van der Waals surface area contributed by atoms with Crippen LogP contribution in [0.1, 0.15) is 6.23 Å². The van der Waals surface area contributed by atoms with Gasteiger partial charge in [-0.25, -0.2) is 9.36 Å². The normalized spacial score (nSPS) is 28.5. The largest absolute Gasteiger partial charge is 0.387 e. The van der Waals surface area contributed by atoms with Crippen LogP contribution in [-0.4, -0.2) is 52.1 Å². The van der Waals surface area contributed by atoms with Gasteiger partial charge in [0.2, 0.25) is 5.95 Å². The number of rotatable bonds is 2. The monoisotopic (exact) mass is 423 g/mol. The minimum absolute atomic E-state index is 0.000826. The van der Waals surface area contributed by atoms with Crippen molar-refractivity contribution in [3.63, 3.8) is 0 Å². The molecule has 1 aliphatic heterocycles. The number of alkyl halides is 1. The Hall–Kier alpha value is -1.44. The lowest BCUT2D eigenvalue weighted by Gasteiger charge is -2.15. The molecule has 10 nitrogen and oxygen atoms in total. The molecule has 5 N–H and O–H groups in total. The van der Waals surface area contributed by atoms with Crippen molar-refractivity contribution >= 4 is 39.7 Å². The van der Waals surface area contributed by atoms with Crippen molar-refractivity contribution in [2.24, 2.45) is 7.05 Å². The van der Waals surface area contributed by atoms with Gasteiger partial charge in [0.25, 0.3) is 5.56 Å². The fraction of sp³-hybridized carbons (Fsp3) is 0.545. The van der Waals surface area contributed by atoms with Gasteiger partial charge in [-0.2, -0.15) is 4.98 Å². The number of fused-ring (bicyclic) bond motifs is 1. The Bertz CT molecular complexity index is 842. The van der Waals surface area contributed by atoms with E-state index in [-0.39, 0.29) is 17.1 Å². The molecule has 22 heavy (non-hydrogen) atoms. The number of nitrogen functional groups attached to an aromatic ring is 1. The summed E-state index contributed by atoms with van der Waals surface area (Å²) in [6.45, 7) is 0. The van der Waals surface area contributed by atoms with Crippen LogP contribution in [0.2, 0.25) is 0 Å². The molecule has 4 atom stereocenters. The summed E-state index contributed by atoms with van der Waals surface area (Å²) in [5, 5.41) is 20.1. The molecule has 0 amide bonds. The number of nitrogens with one attached hydrogen (secondary N) is 1. The van der Waals surface area contributed by atoms with Crippen molar-refractivity contribution in [1.29, 1.82) is 0 Å². The summed E-state index contributed by atoms with van der Waals surface area (Å²) < 4.78 is 8.13. The molecule has 0 aromatic carbocycles. The molecule has 0 spiro atoms. The molecule has 0 aliphatic carbocycles. The fourth-order valence-electron chi connectivity index (χ4n) is 2.59. The number of ether oxygens (including phenoxy) is 1. The van der Waals surface area contributed by atoms with Crippen LogP contribution in [0, 0.1) is 0 Å². The second-order valence-corrected chi connectivity index (χ2v) is 5.92. The minimum Gasteiger partial charge on any atom is -0.387 e. The molecule has 3 heterocycles. The van der Waals surface area contributed by atoms with Gasteiger partial charge in [0.15, 0.2) is 17.4 Å². The van der Waals surface area contributed by atoms with Crippen LogP contribution in [0.25, 0.3) is 11.2 Å². The van der Waals surface area contributed by atoms with Crippen LogP contribution in [0.5, 0.6) is 0 Å². The zero-order chi connectivity index (χ0) is 16.2. The van der Waals surface area contributed by atoms with E-state index in [0.717, 1.165) is 9.13 Å². The van der Waals surface area contributed by atoms with Crippen molar-refractivity contribution in [2.75, 3.05) is 10.2 Å². The van der Waals surface area contributed by atoms with Crippen molar-refractivity contribution in [1.82, 2.24) is 19.1 Å². The van der Waals surface area contributed by atoms with Gasteiger partial charge >= 0.3 is 5.69 Å². The minimum atomic E-state index is -1.31. The van der Waals surface area contributed by atoms with Gasteiger partial charge in [0.05, 0.1) is 6.10 Å². The predicted molar refractivity (Wildman–Crippen MR) is 84.8 cm³/mol. The molecule has 120 valence electrons. The highest BCUT2D eigenvalue weighted by Crippen LogP contribution is 2.31. The number of hydrogen-bond donors (Lipinski definition) is 4. The highest BCUT2D eigenvalue weighted by molar-refractivity contribution is 14.1. The molecule has 0 unspecified atom stereocenters. The quantitative estimate of drug-likeness (QED) is 0.325. The zero-order valence-corrected chi connectivity index (χ0v) is 13.6. The predicted octanol–water partition coefficient (Wildman–Crippen LogP) is -1.94. The number of aromatic nitrogens is 4. The Labute approximate surface area is 136 Å². The highest BCUT2D eigenvalue weighted by Gasteiger charge is 2.44. The maximum absolute atomic E-state index is 12.4. The second kappa shape index (κ2) is 5.33. The first-order chi connectivity index (χ1) is 10.4. The van der Waals surface area contributed by atoms with Crippen LogP contribution in [-0.2, 0) is 11.8 Å². The number of hydrogen-bond acceptors (Lipinski definition) is 7. The van der Waals surface area contributed by atoms with Crippen LogP contribution in [0.15, 0.2) is 9.59 Å². The number of aliphatic hydroxyl groups excluding tert-OH is 2. The van der Waals surface area contributed by atoms with Gasteiger partial charge in [-0.05, 0) is 0 Å². The summed E-state index contributed by atoms with van der Waals surface area (Å²) in [4.78, 5) is 30.6. The molecule has 1 fully saturated rings. The van der Waals surface area contributed by atoms with E-state index in [0.29, 0.717) is 4.43 Å². The molecule has 1 saturated heterocycles. The summed E-state index contributed by atoms with van der Waals surface area (Å²) >= 11 is 2.01. The van der Waals surface area contributed by atoms with E-state index in [2.05, 4.69) is 9.97 Å². The number of aryl methyl sites for hydroxylation is 1. The first kappa shape index (κ1) is 15.5. The van der Waals surface area contributed by atoms with Crippen LogP contribution >= 0.6 is 22.6 Å². The molecular formula is C11H14IN5O5. The third-order valence-electron chi connectivity index (χ3n) is 3.70. The van der Waals surface area contributed by atoms with Crippen molar-refractivity contribution < 1.29 is 14.9 Å². The van der Waals surface area contributed by atoms with Gasteiger partial charge < -0.3 is 20.7 Å². The highest BCUT2D eigenvalue weighted by atomic mass is 127. The topological polar surface area (TPSA) is 148 Å². The van der Waals surface area contributed by atoms with Gasteiger partial charge in [0.1, 0.15) is 12.2 Å². The molecule has 1 aliphatic rings. The van der Waals surface area contributed by atoms with Gasteiger partial charge in [0, 0.05) is 11.5 Å². The van der Waals surface area contributed by atoms with Gasteiger partial charge in [-0.15, -0.1) is 0 Å². The Morgan fingerprint density at radius 2 is 2.09 bits per heavy atom. The lowest BCUT2D eigenvalue weighted by molar-refractivity contribution is -0.0304. The molecule has 0 bridgehead atoms. The maximum atomic E-state index is 12.4. The number of nitrogens with two attached hydrogens (primary N) is 1. The molecule has 0 radical (unpaired) electrons. The smallest absolute Gasteiger partial charge is 0.332 e. The summed E-state index contributed by atoms with van der Waals surface area (Å²) in [6.07, 6.45) is -4.21. The molecule has 2 aromatic rings. The third-order valence-corrected chi connectivity index (χ3v) is 4.56. The lowest BCUT2D eigenvalue weighted by Crippen LogP contribution is -2.35. The SMILES string of the molecule is Cn1c(=O)n([C@@H]2O[C@H](CI)[C@@H](O)[C@H]2O)c2nc(N)[nH]c(=O)c21. The first-order valence-corrected chi connectivity index (χ1v) is 7.93. The van der Waals surface area contributed by atoms with Crippen molar-refractivity contribution in [2.45, 2.75) is 24.5 Å². The standard InChI is InChI=1S/C11H14IN5O5/c1-16-4-7(14-10(13)15-8(4)20)17(11(16)21)9-6(19)5(18)3(2-12)22-9/h3,5-6,9,18-19H,2H2,1H3,(H3,13,14,15,20)/t3-,5-,6-,9-/m1/s1. The number of imidazole rings is 1. The van der Waals surface area contributed by atoms with E-state index < -0.39 is 35.8 Å². The van der Waals surface area contributed by atoms with Gasteiger partial charge in [-0.1, -0.05) is 22.6 Å². The van der Waals surface area contributed by atoms with Crippen LogP contribution in [0.4, 0.5) is 5.95 Å². The summed E-state index contributed by atoms with van der Waals surface area (Å²) in [5.41, 5.74) is 4.37. The fourth-order valence-corrected chi connectivity index (χ4v) is 3.32. The maximum Gasteiger partial charge on any atom is 0.332 e. The van der Waals surface area contributed by atoms with Crippen molar-refractivity contribution in [3.05, 3.63) is 20.8 Å². The molecule has 3 rings (SSSR count). The summed E-state index contributed by atoms with van der Waals surface area (Å²) in [7, 11) is 1.40. The van der Waals surface area contributed by atoms with E-state index in [4.69, 9.17) is 10.5 Å². The average Bonchev–Trinajstić information content (AvgIpc) is 2.87. The van der Waals surface area contributed by atoms with E-state index >= 15 is 0 Å². The Kier molecular flexibility index (Phi) is 3.74. The number of aromatic amines is 1.